The molecule has 0 saturated carbocycles. The van der Waals surface area contributed by atoms with Gasteiger partial charge in [-0.2, -0.15) is 4.31 Å². The van der Waals surface area contributed by atoms with Crippen molar-refractivity contribution in [2.75, 3.05) is 20.6 Å². The molecule has 0 spiro atoms. The van der Waals surface area contributed by atoms with Crippen LogP contribution in [-0.2, 0) is 14.8 Å². The predicted molar refractivity (Wildman–Crippen MR) is 68.6 cm³/mol. The maximum atomic E-state index is 12.1. The van der Waals surface area contributed by atoms with Crippen LogP contribution in [0.25, 0.3) is 0 Å². The summed E-state index contributed by atoms with van der Waals surface area (Å²) in [6.07, 6.45) is 0. The highest BCUT2D eigenvalue weighted by Crippen LogP contribution is 2.29. The first-order valence-corrected chi connectivity index (χ1v) is 6.78. The molecule has 1 amide bonds. The van der Waals surface area contributed by atoms with Crippen LogP contribution >= 0.6 is 0 Å². The lowest BCUT2D eigenvalue weighted by atomic mass is 10.3. The van der Waals surface area contributed by atoms with Gasteiger partial charge in [-0.15, -0.1) is 0 Å². The number of amides is 1. The molecular weight excluding hydrogens is 290 g/mol. The molecule has 0 bridgehead atoms. The molecule has 2 N–H and O–H groups in total. The molecule has 9 nitrogen and oxygen atoms in total. The Morgan fingerprint density at radius 1 is 1.50 bits per heavy atom. The van der Waals surface area contributed by atoms with Crippen LogP contribution in [0.3, 0.4) is 0 Å². The lowest BCUT2D eigenvalue weighted by molar-refractivity contribution is -0.386. The van der Waals surface area contributed by atoms with E-state index in [-0.39, 0.29) is 4.90 Å². The number of aromatic hydroxyl groups is 1. The highest BCUT2D eigenvalue weighted by Gasteiger charge is 2.26. The molecule has 10 heteroatoms. The second-order valence-electron chi connectivity index (χ2n) is 3.84. The molecule has 0 heterocycles. The van der Waals surface area contributed by atoms with Crippen LogP contribution in [0.4, 0.5) is 5.69 Å². The minimum absolute atomic E-state index is 0.381. The Kier molecular flexibility index (Phi) is 4.63. The van der Waals surface area contributed by atoms with E-state index in [0.717, 1.165) is 22.5 Å². The Morgan fingerprint density at radius 2 is 2.10 bits per heavy atom. The van der Waals surface area contributed by atoms with E-state index in [0.29, 0.717) is 0 Å². The summed E-state index contributed by atoms with van der Waals surface area (Å²) >= 11 is 0. The second kappa shape index (κ2) is 5.84. The van der Waals surface area contributed by atoms with Gasteiger partial charge in [0.05, 0.1) is 16.4 Å². The highest BCUT2D eigenvalue weighted by molar-refractivity contribution is 7.89. The molecule has 0 saturated heterocycles. The van der Waals surface area contributed by atoms with E-state index in [9.17, 15) is 28.4 Å². The van der Waals surface area contributed by atoms with Crippen molar-refractivity contribution in [1.29, 1.82) is 0 Å². The lowest BCUT2D eigenvalue weighted by Gasteiger charge is -2.16. The number of sulfonamides is 1. The number of hydrogen-bond donors (Lipinski definition) is 2. The minimum atomic E-state index is -4.06. The van der Waals surface area contributed by atoms with Crippen LogP contribution in [-0.4, -0.2) is 49.3 Å². The van der Waals surface area contributed by atoms with Crippen molar-refractivity contribution in [2.45, 2.75) is 4.90 Å². The normalized spacial score (nSPS) is 11.3. The number of rotatable bonds is 5. The monoisotopic (exact) mass is 303 g/mol. The number of nitro groups is 1. The predicted octanol–water partition coefficient (Wildman–Crippen LogP) is -0.333. The zero-order valence-corrected chi connectivity index (χ0v) is 11.5. The first-order chi connectivity index (χ1) is 9.20. The van der Waals surface area contributed by atoms with Gasteiger partial charge in [0.25, 0.3) is 0 Å². The number of carbonyl (C=O) groups is 1. The Labute approximate surface area is 115 Å². The third-order valence-electron chi connectivity index (χ3n) is 2.50. The van der Waals surface area contributed by atoms with Crippen molar-refractivity contribution in [2.24, 2.45) is 0 Å². The topological polar surface area (TPSA) is 130 Å². The Balaban J connectivity index is 3.19. The summed E-state index contributed by atoms with van der Waals surface area (Å²) in [5.41, 5.74) is -0.723. The number of carbonyl (C=O) groups excluding carboxylic acids is 1. The van der Waals surface area contributed by atoms with Gasteiger partial charge in [-0.1, -0.05) is 0 Å². The first-order valence-electron chi connectivity index (χ1n) is 5.34. The van der Waals surface area contributed by atoms with Crippen molar-refractivity contribution < 1.29 is 23.2 Å². The van der Waals surface area contributed by atoms with Crippen LogP contribution in [0.5, 0.6) is 5.75 Å². The number of phenols is 1. The molecule has 0 radical (unpaired) electrons. The van der Waals surface area contributed by atoms with Gasteiger partial charge in [-0.05, 0) is 12.1 Å². The van der Waals surface area contributed by atoms with Gasteiger partial charge in [0.2, 0.25) is 15.9 Å². The molecule has 0 aliphatic carbocycles. The Bertz CT molecular complexity index is 642. The summed E-state index contributed by atoms with van der Waals surface area (Å²) in [5.74, 6) is -1.16. The van der Waals surface area contributed by atoms with Crippen molar-refractivity contribution >= 4 is 21.6 Å². The van der Waals surface area contributed by atoms with Crippen molar-refractivity contribution in [3.63, 3.8) is 0 Å². The third kappa shape index (κ3) is 3.22. The smallest absolute Gasteiger partial charge is 0.312 e. The highest BCUT2D eigenvalue weighted by atomic mass is 32.2. The number of nitrogens with one attached hydrogen (secondary N) is 1. The maximum absolute atomic E-state index is 12.1. The molecule has 0 fully saturated rings. The molecule has 0 aromatic heterocycles. The average molecular weight is 303 g/mol. The number of nitro benzene ring substituents is 1. The van der Waals surface area contributed by atoms with E-state index in [1.165, 1.54) is 14.1 Å². The van der Waals surface area contributed by atoms with Crippen LogP contribution < -0.4 is 5.32 Å². The van der Waals surface area contributed by atoms with Crippen molar-refractivity contribution in [3.8, 4) is 5.75 Å². The van der Waals surface area contributed by atoms with Crippen LogP contribution in [0, 0.1) is 10.1 Å². The fraction of sp³-hybridized carbons (Fsp3) is 0.300. The summed E-state index contributed by atoms with van der Waals surface area (Å²) in [6.45, 7) is -0.423. The molecule has 0 atom stereocenters. The number of likely N-dealkylation sites (N-methyl/N-ethyl adjacent to an activating group) is 2. The average Bonchev–Trinajstić information content (AvgIpc) is 2.38. The van der Waals surface area contributed by atoms with Crippen molar-refractivity contribution in [3.05, 3.63) is 28.3 Å². The summed E-state index contributed by atoms with van der Waals surface area (Å²) in [4.78, 5) is 20.6. The fourth-order valence-electron chi connectivity index (χ4n) is 1.36. The van der Waals surface area contributed by atoms with Gasteiger partial charge in [0.1, 0.15) is 0 Å². The molecule has 1 rings (SSSR count). The van der Waals surface area contributed by atoms with Gasteiger partial charge >= 0.3 is 5.69 Å². The van der Waals surface area contributed by atoms with E-state index in [1.54, 1.807) is 0 Å². The SMILES string of the molecule is CNC(=O)CN(C)S(=O)(=O)c1ccc(O)c([N+](=O)[O-])c1. The zero-order chi connectivity index (χ0) is 15.5. The minimum Gasteiger partial charge on any atom is -0.502 e. The second-order valence-corrected chi connectivity index (χ2v) is 5.89. The third-order valence-corrected chi connectivity index (χ3v) is 4.30. The summed E-state index contributed by atoms with van der Waals surface area (Å²) < 4.78 is 25.0. The quantitative estimate of drug-likeness (QED) is 0.565. The molecule has 110 valence electrons. The molecule has 0 aliphatic rings. The fourth-order valence-corrected chi connectivity index (χ4v) is 2.50. The van der Waals surface area contributed by atoms with Crippen LogP contribution in [0.15, 0.2) is 23.1 Å². The van der Waals surface area contributed by atoms with E-state index in [2.05, 4.69) is 5.32 Å². The van der Waals surface area contributed by atoms with Crippen LogP contribution in [0.1, 0.15) is 0 Å². The molecule has 0 unspecified atom stereocenters. The number of hydrogen-bond acceptors (Lipinski definition) is 6. The van der Waals surface area contributed by atoms with Gasteiger partial charge in [0, 0.05) is 20.2 Å². The standard InChI is InChI=1S/C10H13N3O6S/c1-11-10(15)6-12(2)20(18,19)7-3-4-9(14)8(5-7)13(16)17/h3-5,14H,6H2,1-2H3,(H,11,15). The maximum Gasteiger partial charge on any atom is 0.312 e. The van der Waals surface area contributed by atoms with Gasteiger partial charge in [-0.25, -0.2) is 8.42 Å². The molecule has 0 aliphatic heterocycles. The summed E-state index contributed by atoms with van der Waals surface area (Å²) in [7, 11) is -1.53. The van der Waals surface area contributed by atoms with Gasteiger partial charge in [-0.3, -0.25) is 14.9 Å². The van der Waals surface area contributed by atoms with E-state index in [1.807, 2.05) is 0 Å². The Hall–Kier alpha value is -2.20. The van der Waals surface area contributed by atoms with Crippen molar-refractivity contribution in [1.82, 2.24) is 9.62 Å². The molecule has 1 aromatic carbocycles. The Morgan fingerprint density at radius 3 is 2.60 bits per heavy atom. The summed E-state index contributed by atoms with van der Waals surface area (Å²) in [6, 6.07) is 2.68. The summed E-state index contributed by atoms with van der Waals surface area (Å²) in [5, 5.41) is 22.2. The van der Waals surface area contributed by atoms with Gasteiger partial charge < -0.3 is 10.4 Å². The first kappa shape index (κ1) is 15.9. The lowest BCUT2D eigenvalue weighted by Crippen LogP contribution is -2.36. The van der Waals surface area contributed by atoms with Gasteiger partial charge in [0.15, 0.2) is 5.75 Å². The molecular formula is C10H13N3O6S. The largest absolute Gasteiger partial charge is 0.502 e. The zero-order valence-electron chi connectivity index (χ0n) is 10.7. The number of benzene rings is 1. The van der Waals surface area contributed by atoms with E-state index < -0.39 is 38.8 Å². The van der Waals surface area contributed by atoms with Crippen LogP contribution in [0.2, 0.25) is 0 Å². The number of phenolic OH excluding ortho intramolecular Hbond substituents is 1. The van der Waals surface area contributed by atoms with E-state index >= 15 is 0 Å². The number of nitrogens with zero attached hydrogens (tertiary/aromatic N) is 2. The molecule has 1 aromatic rings. The van der Waals surface area contributed by atoms with E-state index in [4.69, 9.17) is 0 Å². The molecule has 20 heavy (non-hydrogen) atoms.